The van der Waals surface area contributed by atoms with Crippen LogP contribution in [-0.4, -0.2) is 43.9 Å². The van der Waals surface area contributed by atoms with Crippen LogP contribution >= 0.6 is 11.8 Å². The lowest BCUT2D eigenvalue weighted by Crippen LogP contribution is -2.41. The second-order valence-corrected chi connectivity index (χ2v) is 8.28. The summed E-state index contributed by atoms with van der Waals surface area (Å²) < 4.78 is 2.03. The zero-order valence-electron chi connectivity index (χ0n) is 15.4. The molecule has 0 radical (unpaired) electrons. The maximum Gasteiger partial charge on any atom is 0.235 e. The molecular weight excluding hydrogens is 332 g/mol. The quantitative estimate of drug-likeness (QED) is 0.783. The molecule has 1 atom stereocenters. The number of thioether (sulfide) groups is 1. The number of aryl methyl sites for hydroxylation is 2. The van der Waals surface area contributed by atoms with E-state index in [0.717, 1.165) is 48.5 Å². The number of hydrogen-bond donors (Lipinski definition) is 0. The van der Waals surface area contributed by atoms with Crippen LogP contribution in [0, 0.1) is 19.8 Å². The molecule has 0 spiro atoms. The molecular formula is C19H26N4OS. The third kappa shape index (κ3) is 4.06. The highest BCUT2D eigenvalue weighted by Gasteiger charge is 2.26. The fraction of sp³-hybridized carbons (Fsp3) is 0.526. The Hall–Kier alpha value is -1.82. The molecule has 5 nitrogen and oxygen atoms in total. The molecule has 1 amide bonds. The Balaban J connectivity index is 1.76. The van der Waals surface area contributed by atoms with Crippen molar-refractivity contribution in [3.63, 3.8) is 0 Å². The van der Waals surface area contributed by atoms with Crippen molar-refractivity contribution in [2.75, 3.05) is 13.1 Å². The molecule has 6 heteroatoms. The lowest BCUT2D eigenvalue weighted by Gasteiger charge is -2.31. The van der Waals surface area contributed by atoms with Gasteiger partial charge in [0.2, 0.25) is 5.91 Å². The number of amides is 1. The summed E-state index contributed by atoms with van der Waals surface area (Å²) in [6.45, 7) is 9.98. The fourth-order valence-corrected chi connectivity index (χ4v) is 4.18. The molecule has 1 aliphatic heterocycles. The van der Waals surface area contributed by atoms with Gasteiger partial charge >= 0.3 is 0 Å². The van der Waals surface area contributed by atoms with E-state index in [1.54, 1.807) is 0 Å². The Bertz CT molecular complexity index is 750. The summed E-state index contributed by atoms with van der Waals surface area (Å²) in [4.78, 5) is 14.8. The molecule has 3 rings (SSSR count). The van der Waals surface area contributed by atoms with Gasteiger partial charge in [-0.1, -0.05) is 30.8 Å². The number of carbonyl (C=O) groups is 1. The van der Waals surface area contributed by atoms with Crippen LogP contribution in [0.15, 0.2) is 29.4 Å². The summed E-state index contributed by atoms with van der Waals surface area (Å²) >= 11 is 1.49. The number of carbonyl (C=O) groups excluding carboxylic acids is 1. The first-order chi connectivity index (χ1) is 12.0. The predicted molar refractivity (Wildman–Crippen MR) is 101 cm³/mol. The minimum Gasteiger partial charge on any atom is -0.342 e. The van der Waals surface area contributed by atoms with Gasteiger partial charge in [-0.15, -0.1) is 10.2 Å². The monoisotopic (exact) mass is 358 g/mol. The highest BCUT2D eigenvalue weighted by atomic mass is 32.2. The molecule has 1 aliphatic rings. The number of nitrogens with zero attached hydrogens (tertiary/aromatic N) is 4. The van der Waals surface area contributed by atoms with Gasteiger partial charge < -0.3 is 4.90 Å². The van der Waals surface area contributed by atoms with Crippen LogP contribution < -0.4 is 0 Å². The summed E-state index contributed by atoms with van der Waals surface area (Å²) in [7, 11) is 0. The summed E-state index contributed by atoms with van der Waals surface area (Å²) in [6, 6.07) is 8.26. The van der Waals surface area contributed by atoms with Gasteiger partial charge in [0, 0.05) is 18.8 Å². The summed E-state index contributed by atoms with van der Waals surface area (Å²) in [5.74, 6) is 1.76. The van der Waals surface area contributed by atoms with Crippen LogP contribution in [0.5, 0.6) is 0 Å². The van der Waals surface area contributed by atoms with E-state index in [2.05, 4.69) is 36.2 Å². The number of piperidine rings is 1. The highest BCUT2D eigenvalue weighted by molar-refractivity contribution is 8.00. The van der Waals surface area contributed by atoms with E-state index in [1.165, 1.54) is 17.3 Å². The second kappa shape index (κ2) is 7.60. The first-order valence-corrected chi connectivity index (χ1v) is 9.78. The van der Waals surface area contributed by atoms with Gasteiger partial charge in [0.15, 0.2) is 5.16 Å². The number of benzene rings is 1. The molecule has 134 valence electrons. The van der Waals surface area contributed by atoms with Crippen LogP contribution in [0.4, 0.5) is 0 Å². The van der Waals surface area contributed by atoms with Crippen molar-refractivity contribution in [1.29, 1.82) is 0 Å². The van der Waals surface area contributed by atoms with Crippen LogP contribution in [0.1, 0.15) is 38.1 Å². The van der Waals surface area contributed by atoms with E-state index >= 15 is 0 Å². The largest absolute Gasteiger partial charge is 0.342 e. The molecule has 1 aromatic carbocycles. The van der Waals surface area contributed by atoms with E-state index in [-0.39, 0.29) is 11.2 Å². The van der Waals surface area contributed by atoms with Crippen molar-refractivity contribution in [1.82, 2.24) is 19.7 Å². The van der Waals surface area contributed by atoms with Gasteiger partial charge in [-0.25, -0.2) is 0 Å². The van der Waals surface area contributed by atoms with Crippen molar-refractivity contribution in [3.8, 4) is 5.69 Å². The number of hydrogen-bond acceptors (Lipinski definition) is 4. The van der Waals surface area contributed by atoms with Crippen molar-refractivity contribution >= 4 is 17.7 Å². The molecule has 0 aliphatic carbocycles. The fourth-order valence-electron chi connectivity index (χ4n) is 3.18. The third-order valence-corrected chi connectivity index (χ3v) is 5.81. The molecule has 0 saturated carbocycles. The molecule has 2 aromatic rings. The SMILES string of the molecule is Cc1cccc(-n2c(C)nnc2SC(C)C(=O)N2CCC(C)CC2)c1. The average Bonchev–Trinajstić information content (AvgIpc) is 2.95. The normalized spacial score (nSPS) is 16.9. The maximum atomic E-state index is 12.8. The van der Waals surface area contributed by atoms with Crippen molar-refractivity contribution in [2.45, 2.75) is 50.9 Å². The van der Waals surface area contributed by atoms with E-state index in [0.29, 0.717) is 0 Å². The van der Waals surface area contributed by atoms with Gasteiger partial charge in [-0.2, -0.15) is 0 Å². The molecule has 2 heterocycles. The Labute approximate surface area is 153 Å². The summed E-state index contributed by atoms with van der Waals surface area (Å²) in [5, 5.41) is 9.14. The molecule has 0 bridgehead atoms. The minimum absolute atomic E-state index is 0.166. The summed E-state index contributed by atoms with van der Waals surface area (Å²) in [6.07, 6.45) is 2.20. The summed E-state index contributed by atoms with van der Waals surface area (Å²) in [5.41, 5.74) is 2.23. The zero-order chi connectivity index (χ0) is 18.0. The lowest BCUT2D eigenvalue weighted by molar-refractivity contribution is -0.131. The predicted octanol–water partition coefficient (Wildman–Crippen LogP) is 3.62. The van der Waals surface area contributed by atoms with Gasteiger partial charge in [0.25, 0.3) is 0 Å². The van der Waals surface area contributed by atoms with Crippen LogP contribution in [0.3, 0.4) is 0 Å². The van der Waals surface area contributed by atoms with E-state index in [4.69, 9.17) is 0 Å². The van der Waals surface area contributed by atoms with E-state index in [1.807, 2.05) is 35.4 Å². The number of aromatic nitrogens is 3. The van der Waals surface area contributed by atoms with E-state index in [9.17, 15) is 4.79 Å². The van der Waals surface area contributed by atoms with Gasteiger partial charge in [-0.3, -0.25) is 9.36 Å². The minimum atomic E-state index is -0.166. The van der Waals surface area contributed by atoms with Crippen LogP contribution in [0.25, 0.3) is 5.69 Å². The smallest absolute Gasteiger partial charge is 0.235 e. The van der Waals surface area contributed by atoms with Crippen molar-refractivity contribution in [3.05, 3.63) is 35.7 Å². The zero-order valence-corrected chi connectivity index (χ0v) is 16.2. The molecule has 1 fully saturated rings. The highest BCUT2D eigenvalue weighted by Crippen LogP contribution is 2.28. The topological polar surface area (TPSA) is 51.0 Å². The molecule has 1 saturated heterocycles. The van der Waals surface area contributed by atoms with Gasteiger partial charge in [0.05, 0.1) is 5.25 Å². The third-order valence-electron chi connectivity index (χ3n) is 4.78. The van der Waals surface area contributed by atoms with Crippen LogP contribution in [-0.2, 0) is 4.79 Å². The second-order valence-electron chi connectivity index (χ2n) is 6.97. The maximum absolute atomic E-state index is 12.8. The molecule has 1 unspecified atom stereocenters. The Morgan fingerprint density at radius 2 is 1.96 bits per heavy atom. The van der Waals surface area contributed by atoms with Crippen molar-refractivity contribution in [2.24, 2.45) is 5.92 Å². The Morgan fingerprint density at radius 3 is 2.64 bits per heavy atom. The average molecular weight is 359 g/mol. The van der Waals surface area contributed by atoms with Gasteiger partial charge in [-0.05, 0) is 57.2 Å². The van der Waals surface area contributed by atoms with Gasteiger partial charge in [0.1, 0.15) is 5.82 Å². The Morgan fingerprint density at radius 1 is 1.24 bits per heavy atom. The number of likely N-dealkylation sites (tertiary alicyclic amines) is 1. The molecule has 25 heavy (non-hydrogen) atoms. The Kier molecular flexibility index (Phi) is 5.47. The van der Waals surface area contributed by atoms with Crippen LogP contribution in [0.2, 0.25) is 0 Å². The first kappa shape index (κ1) is 18.0. The molecule has 0 N–H and O–H groups in total. The number of rotatable bonds is 4. The standard InChI is InChI=1S/C19H26N4OS/c1-13-8-10-22(11-9-13)18(24)15(3)25-19-21-20-16(4)23(19)17-7-5-6-14(2)12-17/h5-7,12-13,15H,8-11H2,1-4H3. The lowest BCUT2D eigenvalue weighted by atomic mass is 9.99. The van der Waals surface area contributed by atoms with E-state index < -0.39 is 0 Å². The van der Waals surface area contributed by atoms with Crippen molar-refractivity contribution < 1.29 is 4.79 Å². The first-order valence-electron chi connectivity index (χ1n) is 8.90. The molecule has 1 aromatic heterocycles.